The number of carbonyl (C=O) groups is 2. The number of hydrogen-bond donors (Lipinski definition) is 1. The molecule has 0 radical (unpaired) electrons. The molecule has 0 saturated carbocycles. The lowest BCUT2D eigenvalue weighted by Crippen LogP contribution is -2.28. The summed E-state index contributed by atoms with van der Waals surface area (Å²) in [7, 11) is 1.59. The second kappa shape index (κ2) is 8.36. The maximum absolute atomic E-state index is 12.2. The van der Waals surface area contributed by atoms with Gasteiger partial charge in [-0.1, -0.05) is 25.1 Å². The average molecular weight is 373 g/mol. The smallest absolute Gasteiger partial charge is 0.348 e. The zero-order valence-corrected chi connectivity index (χ0v) is 15.9. The molecular formula is C20H23NO4S. The van der Waals surface area contributed by atoms with E-state index in [-0.39, 0.29) is 12.5 Å². The molecule has 1 aromatic heterocycles. The summed E-state index contributed by atoms with van der Waals surface area (Å²) in [6.45, 7) is 2.27. The van der Waals surface area contributed by atoms with Crippen molar-refractivity contribution >= 4 is 23.2 Å². The maximum Gasteiger partial charge on any atom is 0.348 e. The van der Waals surface area contributed by atoms with Crippen LogP contribution in [0.1, 0.15) is 39.0 Å². The van der Waals surface area contributed by atoms with Crippen molar-refractivity contribution in [2.45, 2.75) is 32.7 Å². The number of nitrogens with one attached hydrogen (secondary N) is 1. The van der Waals surface area contributed by atoms with Crippen molar-refractivity contribution in [3.8, 4) is 5.75 Å². The van der Waals surface area contributed by atoms with Crippen molar-refractivity contribution in [2.75, 3.05) is 13.7 Å². The first-order chi connectivity index (χ1) is 12.6. The molecule has 0 spiro atoms. The summed E-state index contributed by atoms with van der Waals surface area (Å²) < 4.78 is 10.4. The van der Waals surface area contributed by atoms with Gasteiger partial charge in [-0.25, -0.2) is 4.79 Å². The Bertz CT molecular complexity index is 799. The number of esters is 1. The Balaban J connectivity index is 1.49. The van der Waals surface area contributed by atoms with Crippen molar-refractivity contribution in [1.82, 2.24) is 5.32 Å². The minimum absolute atomic E-state index is 0.285. The lowest BCUT2D eigenvalue weighted by atomic mass is 9.90. The topological polar surface area (TPSA) is 64.6 Å². The van der Waals surface area contributed by atoms with Gasteiger partial charge in [0, 0.05) is 17.0 Å². The van der Waals surface area contributed by atoms with Crippen LogP contribution in [0.3, 0.4) is 0 Å². The third-order valence-corrected chi connectivity index (χ3v) is 5.75. The maximum atomic E-state index is 12.2. The Kier molecular flexibility index (Phi) is 5.93. The van der Waals surface area contributed by atoms with E-state index in [1.807, 2.05) is 30.3 Å². The standard InChI is InChI=1S/C20H23NO4S/c1-13-7-8-17-15(9-13)10-18(26-17)20(23)25-12-19(22)21-11-14-5-3-4-6-16(14)24-2/h3-6,10,13H,7-9,11-12H2,1-2H3,(H,21,22)/t13-/m1/s1. The minimum Gasteiger partial charge on any atom is -0.496 e. The van der Waals surface area contributed by atoms with E-state index in [4.69, 9.17) is 9.47 Å². The molecule has 0 fully saturated rings. The molecule has 0 saturated heterocycles. The fraction of sp³-hybridized carbons (Fsp3) is 0.400. The Hall–Kier alpha value is -2.34. The van der Waals surface area contributed by atoms with Gasteiger partial charge in [-0.3, -0.25) is 4.79 Å². The van der Waals surface area contributed by atoms with E-state index in [9.17, 15) is 9.59 Å². The van der Waals surface area contributed by atoms with Crippen LogP contribution in [0.25, 0.3) is 0 Å². The van der Waals surface area contributed by atoms with Crippen LogP contribution in [0, 0.1) is 5.92 Å². The van der Waals surface area contributed by atoms with Crippen LogP contribution in [-0.4, -0.2) is 25.6 Å². The molecule has 1 aromatic carbocycles. The van der Waals surface area contributed by atoms with Gasteiger partial charge in [0.05, 0.1) is 7.11 Å². The summed E-state index contributed by atoms with van der Waals surface area (Å²) in [5.41, 5.74) is 2.12. The van der Waals surface area contributed by atoms with Crippen LogP contribution >= 0.6 is 11.3 Å². The van der Waals surface area contributed by atoms with E-state index in [0.717, 1.165) is 24.8 Å². The third-order valence-electron chi connectivity index (χ3n) is 4.53. The van der Waals surface area contributed by atoms with Crippen molar-refractivity contribution < 1.29 is 19.1 Å². The van der Waals surface area contributed by atoms with E-state index >= 15 is 0 Å². The van der Waals surface area contributed by atoms with Crippen molar-refractivity contribution in [1.29, 1.82) is 0 Å². The molecule has 1 atom stereocenters. The van der Waals surface area contributed by atoms with Gasteiger partial charge < -0.3 is 14.8 Å². The zero-order valence-electron chi connectivity index (χ0n) is 15.0. The number of carbonyl (C=O) groups excluding carboxylic acids is 2. The number of amides is 1. The molecule has 1 aliphatic rings. The summed E-state index contributed by atoms with van der Waals surface area (Å²) in [5.74, 6) is 0.605. The monoisotopic (exact) mass is 373 g/mol. The number of hydrogen-bond acceptors (Lipinski definition) is 5. The van der Waals surface area contributed by atoms with Crippen LogP contribution in [0.2, 0.25) is 0 Å². The molecule has 26 heavy (non-hydrogen) atoms. The lowest BCUT2D eigenvalue weighted by Gasteiger charge is -2.16. The van der Waals surface area contributed by atoms with Gasteiger partial charge in [-0.15, -0.1) is 11.3 Å². The first-order valence-electron chi connectivity index (χ1n) is 8.74. The largest absolute Gasteiger partial charge is 0.496 e. The van der Waals surface area contributed by atoms with E-state index in [0.29, 0.717) is 23.1 Å². The quantitative estimate of drug-likeness (QED) is 0.789. The molecule has 138 valence electrons. The van der Waals surface area contributed by atoms with Gasteiger partial charge in [-0.05, 0) is 42.9 Å². The first-order valence-corrected chi connectivity index (χ1v) is 9.55. The Morgan fingerprint density at radius 2 is 2.12 bits per heavy atom. The van der Waals surface area contributed by atoms with Gasteiger partial charge >= 0.3 is 5.97 Å². The highest BCUT2D eigenvalue weighted by molar-refractivity contribution is 7.14. The first kappa shape index (κ1) is 18.5. The highest BCUT2D eigenvalue weighted by atomic mass is 32.1. The van der Waals surface area contributed by atoms with Gasteiger partial charge in [0.15, 0.2) is 6.61 Å². The highest BCUT2D eigenvalue weighted by Gasteiger charge is 2.21. The Morgan fingerprint density at radius 3 is 2.92 bits per heavy atom. The molecule has 1 N–H and O–H groups in total. The molecule has 1 aliphatic carbocycles. The van der Waals surface area contributed by atoms with Crippen molar-refractivity contribution in [2.24, 2.45) is 5.92 Å². The molecule has 2 aromatic rings. The van der Waals surface area contributed by atoms with Crippen LogP contribution in [0.15, 0.2) is 30.3 Å². The summed E-state index contributed by atoms with van der Waals surface area (Å²) in [6, 6.07) is 9.38. The van der Waals surface area contributed by atoms with Gasteiger partial charge in [-0.2, -0.15) is 0 Å². The van der Waals surface area contributed by atoms with Crippen LogP contribution < -0.4 is 10.1 Å². The van der Waals surface area contributed by atoms with E-state index < -0.39 is 5.97 Å². The van der Waals surface area contributed by atoms with E-state index in [1.165, 1.54) is 21.8 Å². The summed E-state index contributed by atoms with van der Waals surface area (Å²) in [6.07, 6.45) is 3.19. The Morgan fingerprint density at radius 1 is 1.31 bits per heavy atom. The van der Waals surface area contributed by atoms with E-state index in [2.05, 4.69) is 12.2 Å². The molecule has 1 amide bonds. The number of para-hydroxylation sites is 1. The number of fused-ring (bicyclic) bond motifs is 1. The summed E-state index contributed by atoms with van der Waals surface area (Å²) >= 11 is 1.49. The number of thiophene rings is 1. The van der Waals surface area contributed by atoms with Crippen LogP contribution in [-0.2, 0) is 28.9 Å². The van der Waals surface area contributed by atoms with E-state index in [1.54, 1.807) is 7.11 Å². The summed E-state index contributed by atoms with van der Waals surface area (Å²) in [5, 5.41) is 2.74. The van der Waals surface area contributed by atoms with Gasteiger partial charge in [0.2, 0.25) is 0 Å². The third kappa shape index (κ3) is 4.43. The van der Waals surface area contributed by atoms with Crippen molar-refractivity contribution in [3.05, 3.63) is 51.2 Å². The number of ether oxygens (including phenoxy) is 2. The molecular weight excluding hydrogens is 350 g/mol. The normalized spacial score (nSPS) is 15.8. The fourth-order valence-corrected chi connectivity index (χ4v) is 4.20. The Labute approximate surface area is 157 Å². The van der Waals surface area contributed by atoms with Crippen LogP contribution in [0.4, 0.5) is 0 Å². The minimum atomic E-state index is -0.426. The molecule has 1 heterocycles. The predicted octanol–water partition coefficient (Wildman–Crippen LogP) is 3.35. The molecule has 5 nitrogen and oxygen atoms in total. The fourth-order valence-electron chi connectivity index (χ4n) is 3.10. The van der Waals surface area contributed by atoms with Gasteiger partial charge in [0.1, 0.15) is 10.6 Å². The molecule has 0 unspecified atom stereocenters. The van der Waals surface area contributed by atoms with Crippen LogP contribution in [0.5, 0.6) is 5.75 Å². The zero-order chi connectivity index (χ0) is 18.5. The average Bonchev–Trinajstić information content (AvgIpc) is 3.07. The van der Waals surface area contributed by atoms with Gasteiger partial charge in [0.25, 0.3) is 5.91 Å². The van der Waals surface area contributed by atoms with Crippen molar-refractivity contribution in [3.63, 3.8) is 0 Å². The number of rotatable bonds is 6. The molecule has 6 heteroatoms. The highest BCUT2D eigenvalue weighted by Crippen LogP contribution is 2.32. The predicted molar refractivity (Wildman–Crippen MR) is 101 cm³/mol. The molecule has 0 aliphatic heterocycles. The lowest BCUT2D eigenvalue weighted by molar-refractivity contribution is -0.124. The number of aryl methyl sites for hydroxylation is 1. The SMILES string of the molecule is COc1ccccc1CNC(=O)COC(=O)c1cc2c(s1)CC[C@@H](C)C2. The number of benzene rings is 1. The second-order valence-corrected chi connectivity index (χ2v) is 7.71. The summed E-state index contributed by atoms with van der Waals surface area (Å²) in [4.78, 5) is 26.0. The molecule has 0 bridgehead atoms. The number of methoxy groups -OCH3 is 1. The second-order valence-electron chi connectivity index (χ2n) is 6.57. The molecule has 3 rings (SSSR count).